The molecule has 2 amide bonds. The van der Waals surface area contributed by atoms with Gasteiger partial charge in [-0.1, -0.05) is 29.8 Å². The fraction of sp³-hybridized carbons (Fsp3) is 0.294. The zero-order chi connectivity index (χ0) is 16.2. The number of para-hydroxylation sites is 1. The maximum absolute atomic E-state index is 12.4. The van der Waals surface area contributed by atoms with Crippen molar-refractivity contribution in [2.45, 2.75) is 19.3 Å². The van der Waals surface area contributed by atoms with Crippen molar-refractivity contribution in [3.8, 4) is 0 Å². The van der Waals surface area contributed by atoms with Crippen molar-refractivity contribution in [1.29, 1.82) is 0 Å². The number of nitrogens with one attached hydrogen (secondary N) is 2. The average Bonchev–Trinajstić information content (AvgIpc) is 3.00. The van der Waals surface area contributed by atoms with Gasteiger partial charge in [0, 0.05) is 31.4 Å². The van der Waals surface area contributed by atoms with Crippen LogP contribution in [0.4, 0.5) is 5.69 Å². The van der Waals surface area contributed by atoms with Gasteiger partial charge in [0.2, 0.25) is 5.91 Å². The molecule has 0 saturated heterocycles. The highest BCUT2D eigenvalue weighted by Gasteiger charge is 2.21. The van der Waals surface area contributed by atoms with Crippen LogP contribution in [0, 0.1) is 0 Å². The van der Waals surface area contributed by atoms with Crippen LogP contribution in [0.5, 0.6) is 0 Å². The summed E-state index contributed by atoms with van der Waals surface area (Å²) in [5.74, 6) is -0.231. The summed E-state index contributed by atoms with van der Waals surface area (Å²) in [6, 6.07) is 9.53. The van der Waals surface area contributed by atoms with Gasteiger partial charge in [0.05, 0.1) is 5.02 Å². The van der Waals surface area contributed by atoms with Gasteiger partial charge in [0.1, 0.15) is 5.69 Å². The molecule has 1 aliphatic heterocycles. The van der Waals surface area contributed by atoms with Crippen LogP contribution in [0.15, 0.2) is 36.5 Å². The lowest BCUT2D eigenvalue weighted by Gasteiger charge is -2.29. The lowest BCUT2D eigenvalue weighted by Crippen LogP contribution is -2.37. The summed E-state index contributed by atoms with van der Waals surface area (Å²) >= 11 is 5.77. The number of hydrogen-bond acceptors (Lipinski definition) is 2. The van der Waals surface area contributed by atoms with E-state index in [0.717, 1.165) is 25.1 Å². The molecule has 1 aromatic heterocycles. The third kappa shape index (κ3) is 3.56. The van der Waals surface area contributed by atoms with E-state index in [-0.39, 0.29) is 18.2 Å². The predicted octanol–water partition coefficient (Wildman–Crippen LogP) is 2.77. The van der Waals surface area contributed by atoms with Crippen molar-refractivity contribution in [2.24, 2.45) is 0 Å². The van der Waals surface area contributed by atoms with Gasteiger partial charge in [-0.25, -0.2) is 0 Å². The number of amides is 2. The van der Waals surface area contributed by atoms with Crippen LogP contribution in [-0.4, -0.2) is 29.9 Å². The molecule has 2 heterocycles. The monoisotopic (exact) mass is 331 g/mol. The van der Waals surface area contributed by atoms with Crippen LogP contribution >= 0.6 is 11.6 Å². The summed E-state index contributed by atoms with van der Waals surface area (Å²) in [6.07, 6.45) is 3.79. The number of aryl methyl sites for hydroxylation is 1. The van der Waals surface area contributed by atoms with Crippen molar-refractivity contribution in [1.82, 2.24) is 10.3 Å². The number of rotatable bonds is 4. The summed E-state index contributed by atoms with van der Waals surface area (Å²) < 4.78 is 0. The maximum atomic E-state index is 12.4. The average molecular weight is 332 g/mol. The number of hydrogen-bond donors (Lipinski definition) is 2. The second-order valence-corrected chi connectivity index (χ2v) is 5.95. The maximum Gasteiger partial charge on any atom is 0.267 e. The highest BCUT2D eigenvalue weighted by atomic mass is 35.5. The van der Waals surface area contributed by atoms with E-state index in [2.05, 4.69) is 16.4 Å². The molecule has 0 aliphatic carbocycles. The Bertz CT molecular complexity index is 726. The summed E-state index contributed by atoms with van der Waals surface area (Å²) in [4.78, 5) is 28.9. The molecule has 0 radical (unpaired) electrons. The number of aromatic nitrogens is 1. The molecule has 2 N–H and O–H groups in total. The Labute approximate surface area is 139 Å². The number of halogens is 1. The molecule has 1 aromatic carbocycles. The van der Waals surface area contributed by atoms with E-state index < -0.39 is 0 Å². The Morgan fingerprint density at radius 2 is 2.13 bits per heavy atom. The first-order valence-electron chi connectivity index (χ1n) is 7.65. The highest BCUT2D eigenvalue weighted by molar-refractivity contribution is 6.30. The van der Waals surface area contributed by atoms with Crippen molar-refractivity contribution < 1.29 is 9.59 Å². The topological polar surface area (TPSA) is 65.2 Å². The van der Waals surface area contributed by atoms with Crippen LogP contribution in [-0.2, 0) is 11.2 Å². The van der Waals surface area contributed by atoms with Crippen molar-refractivity contribution in [3.05, 3.63) is 52.8 Å². The Balaban J connectivity index is 1.55. The van der Waals surface area contributed by atoms with E-state index in [0.29, 0.717) is 17.3 Å². The molecule has 5 nitrogen and oxygen atoms in total. The van der Waals surface area contributed by atoms with E-state index in [9.17, 15) is 9.59 Å². The van der Waals surface area contributed by atoms with Crippen LogP contribution in [0.2, 0.25) is 5.02 Å². The minimum atomic E-state index is -0.260. The SMILES string of the molecule is O=C(NCCC(=O)N1CCCc2ccccc21)c1cc(Cl)c[nH]1. The Hall–Kier alpha value is -2.27. The smallest absolute Gasteiger partial charge is 0.267 e. The number of H-pyrrole nitrogens is 1. The molecule has 0 saturated carbocycles. The number of nitrogens with zero attached hydrogens (tertiary/aromatic N) is 1. The molecule has 120 valence electrons. The van der Waals surface area contributed by atoms with Crippen LogP contribution in [0.3, 0.4) is 0 Å². The van der Waals surface area contributed by atoms with E-state index in [1.165, 1.54) is 5.56 Å². The van der Waals surface area contributed by atoms with Gasteiger partial charge in [-0.2, -0.15) is 0 Å². The van der Waals surface area contributed by atoms with Crippen molar-refractivity contribution in [3.63, 3.8) is 0 Å². The number of anilines is 1. The van der Waals surface area contributed by atoms with Crippen molar-refractivity contribution in [2.75, 3.05) is 18.0 Å². The normalized spacial score (nSPS) is 13.5. The minimum absolute atomic E-state index is 0.0296. The third-order valence-corrected chi connectivity index (χ3v) is 4.15. The molecule has 2 aromatic rings. The first-order valence-corrected chi connectivity index (χ1v) is 8.03. The van der Waals surface area contributed by atoms with Crippen LogP contribution in [0.1, 0.15) is 28.9 Å². The molecule has 0 bridgehead atoms. The van der Waals surface area contributed by atoms with Crippen LogP contribution < -0.4 is 10.2 Å². The molecular formula is C17H18ClN3O2. The molecule has 0 atom stereocenters. The Kier molecular flexibility index (Phi) is 4.67. The second kappa shape index (κ2) is 6.87. The molecule has 0 unspecified atom stereocenters. The van der Waals surface area contributed by atoms with Crippen molar-refractivity contribution >= 4 is 29.1 Å². The quantitative estimate of drug-likeness (QED) is 0.904. The van der Waals surface area contributed by atoms with Gasteiger partial charge in [-0.3, -0.25) is 9.59 Å². The standard InChI is InChI=1S/C17H18ClN3O2/c18-13-10-14(20-11-13)17(23)19-8-7-16(22)21-9-3-5-12-4-1-2-6-15(12)21/h1-2,4,6,10-11,20H,3,5,7-9H2,(H,19,23). The second-order valence-electron chi connectivity index (χ2n) is 5.52. The zero-order valence-corrected chi connectivity index (χ0v) is 13.4. The Morgan fingerprint density at radius 1 is 1.30 bits per heavy atom. The molecule has 0 spiro atoms. The largest absolute Gasteiger partial charge is 0.356 e. The van der Waals surface area contributed by atoms with Gasteiger partial charge < -0.3 is 15.2 Å². The molecular weight excluding hydrogens is 314 g/mol. The van der Waals surface area contributed by atoms with E-state index in [1.807, 2.05) is 23.1 Å². The van der Waals surface area contributed by atoms with E-state index >= 15 is 0 Å². The number of fused-ring (bicyclic) bond motifs is 1. The fourth-order valence-corrected chi connectivity index (χ4v) is 2.97. The Morgan fingerprint density at radius 3 is 2.91 bits per heavy atom. The molecule has 1 aliphatic rings. The molecule has 23 heavy (non-hydrogen) atoms. The van der Waals surface area contributed by atoms with E-state index in [4.69, 9.17) is 11.6 Å². The lowest BCUT2D eigenvalue weighted by atomic mass is 10.0. The first kappa shape index (κ1) is 15.6. The molecule has 0 fully saturated rings. The third-order valence-electron chi connectivity index (χ3n) is 3.93. The van der Waals surface area contributed by atoms with E-state index in [1.54, 1.807) is 12.3 Å². The number of benzene rings is 1. The molecule has 6 heteroatoms. The van der Waals surface area contributed by atoms with Gasteiger partial charge in [-0.05, 0) is 30.5 Å². The van der Waals surface area contributed by atoms with Gasteiger partial charge in [0.15, 0.2) is 0 Å². The predicted molar refractivity (Wildman–Crippen MR) is 89.9 cm³/mol. The highest BCUT2D eigenvalue weighted by Crippen LogP contribution is 2.27. The summed E-state index contributed by atoms with van der Waals surface area (Å²) in [7, 11) is 0. The fourth-order valence-electron chi connectivity index (χ4n) is 2.80. The van der Waals surface area contributed by atoms with Gasteiger partial charge in [-0.15, -0.1) is 0 Å². The summed E-state index contributed by atoms with van der Waals surface area (Å²) in [5.41, 5.74) is 2.59. The van der Waals surface area contributed by atoms with Gasteiger partial charge >= 0.3 is 0 Å². The minimum Gasteiger partial charge on any atom is -0.356 e. The summed E-state index contributed by atoms with van der Waals surface area (Å²) in [6.45, 7) is 1.03. The van der Waals surface area contributed by atoms with Gasteiger partial charge in [0.25, 0.3) is 5.91 Å². The zero-order valence-electron chi connectivity index (χ0n) is 12.6. The molecule has 3 rings (SSSR count). The number of carbonyl (C=O) groups is 2. The number of aromatic amines is 1. The van der Waals surface area contributed by atoms with Crippen LogP contribution in [0.25, 0.3) is 0 Å². The summed E-state index contributed by atoms with van der Waals surface area (Å²) in [5, 5.41) is 3.21. The number of carbonyl (C=O) groups excluding carboxylic acids is 2. The first-order chi connectivity index (χ1) is 11.1. The lowest BCUT2D eigenvalue weighted by molar-refractivity contribution is -0.118.